The van der Waals surface area contributed by atoms with E-state index in [1.165, 1.54) is 11.1 Å². The number of piperidine rings is 1. The molecule has 3 aliphatic rings. The molecule has 0 spiro atoms. The van der Waals surface area contributed by atoms with E-state index in [2.05, 4.69) is 46.8 Å². The number of rotatable bonds is 8. The van der Waals surface area contributed by atoms with Crippen LogP contribution in [0.15, 0.2) is 36.5 Å². The van der Waals surface area contributed by atoms with Gasteiger partial charge in [0.05, 0.1) is 24.9 Å². The second kappa shape index (κ2) is 13.2. The Labute approximate surface area is 232 Å². The number of aromatic nitrogens is 1. The zero-order valence-corrected chi connectivity index (χ0v) is 23.7. The molecule has 0 unspecified atom stereocenters. The van der Waals surface area contributed by atoms with Crippen molar-refractivity contribution in [3.8, 4) is 0 Å². The highest BCUT2D eigenvalue weighted by Crippen LogP contribution is 2.32. The number of anilines is 1. The Hall–Kier alpha value is -2.52. The summed E-state index contributed by atoms with van der Waals surface area (Å²) in [5.41, 5.74) is 4.92. The van der Waals surface area contributed by atoms with Crippen LogP contribution in [0.5, 0.6) is 0 Å². The van der Waals surface area contributed by atoms with Gasteiger partial charge >= 0.3 is 0 Å². The smallest absolute Gasteiger partial charge is 0.272 e. The predicted molar refractivity (Wildman–Crippen MR) is 152 cm³/mol. The Kier molecular flexibility index (Phi) is 9.50. The molecule has 8 nitrogen and oxygen atoms in total. The molecular weight excluding hydrogens is 492 g/mol. The molecule has 3 saturated heterocycles. The highest BCUT2D eigenvalue weighted by molar-refractivity contribution is 5.95. The zero-order chi connectivity index (χ0) is 27.2. The number of pyridine rings is 1. The van der Waals surface area contributed by atoms with Crippen LogP contribution in [0.2, 0.25) is 0 Å². The molecular formula is C31H44N4O4. The van der Waals surface area contributed by atoms with Crippen LogP contribution in [0.1, 0.15) is 71.8 Å². The summed E-state index contributed by atoms with van der Waals surface area (Å²) in [4.78, 5) is 19.9. The third-order valence-corrected chi connectivity index (χ3v) is 8.56. The van der Waals surface area contributed by atoms with Gasteiger partial charge in [-0.25, -0.2) is 0 Å². The highest BCUT2D eigenvalue weighted by Gasteiger charge is 2.31. The lowest BCUT2D eigenvalue weighted by molar-refractivity contribution is -0.0533. The van der Waals surface area contributed by atoms with E-state index in [0.29, 0.717) is 30.9 Å². The Morgan fingerprint density at radius 3 is 2.64 bits per heavy atom. The maximum Gasteiger partial charge on any atom is 0.272 e. The molecule has 212 valence electrons. The molecule has 5 rings (SSSR count). The number of ether oxygens (including phenoxy) is 3. The lowest BCUT2D eigenvalue weighted by Gasteiger charge is -2.38. The van der Waals surface area contributed by atoms with Crippen molar-refractivity contribution in [2.24, 2.45) is 0 Å². The maximum absolute atomic E-state index is 13.5. The first-order chi connectivity index (χ1) is 19.0. The molecule has 8 heteroatoms. The fraction of sp³-hybridized carbons (Fsp3) is 0.613. The summed E-state index contributed by atoms with van der Waals surface area (Å²) in [5.74, 6) is 0.0174. The summed E-state index contributed by atoms with van der Waals surface area (Å²) in [6.07, 6.45) is 8.16. The van der Waals surface area contributed by atoms with E-state index in [-0.39, 0.29) is 24.2 Å². The lowest BCUT2D eigenvalue weighted by Crippen LogP contribution is -2.54. The van der Waals surface area contributed by atoms with Crippen LogP contribution in [-0.4, -0.2) is 80.0 Å². The number of carbonyl (C=O) groups excluding carboxylic acids is 1. The largest absolute Gasteiger partial charge is 0.382 e. The molecule has 4 atom stereocenters. The van der Waals surface area contributed by atoms with E-state index in [4.69, 9.17) is 14.2 Å². The third-order valence-electron chi connectivity index (χ3n) is 8.56. The summed E-state index contributed by atoms with van der Waals surface area (Å²) in [5, 5.41) is 7.32. The van der Waals surface area contributed by atoms with E-state index >= 15 is 0 Å². The number of amides is 1. The summed E-state index contributed by atoms with van der Waals surface area (Å²) in [6, 6.07) is 11.3. The molecule has 2 N–H and O–H groups in total. The van der Waals surface area contributed by atoms with Crippen LogP contribution in [0.4, 0.5) is 5.69 Å². The molecule has 39 heavy (non-hydrogen) atoms. The van der Waals surface area contributed by atoms with Gasteiger partial charge in [0, 0.05) is 62.9 Å². The molecule has 4 heterocycles. The molecule has 0 radical (unpaired) electrons. The molecule has 3 aliphatic heterocycles. The minimum atomic E-state index is 0.0174. The van der Waals surface area contributed by atoms with Crippen LogP contribution in [0.3, 0.4) is 0 Å². The molecule has 0 aliphatic carbocycles. The second-order valence-corrected chi connectivity index (χ2v) is 11.3. The Balaban J connectivity index is 1.13. The average molecular weight is 537 g/mol. The SMILES string of the molecule is CO[C@H]1COCC[C@H]1NC1CCN(C(=O)c2nccc(NC[C@H]3CCC[C@@H](c4ccc(C)cc4)O3)c2C)CC1. The van der Waals surface area contributed by atoms with Crippen molar-refractivity contribution < 1.29 is 19.0 Å². The van der Waals surface area contributed by atoms with Gasteiger partial charge in [-0.05, 0) is 64.0 Å². The second-order valence-electron chi connectivity index (χ2n) is 11.3. The number of likely N-dealkylation sites (tertiary alicyclic amines) is 1. The molecule has 1 aromatic carbocycles. The molecule has 1 amide bonds. The topological polar surface area (TPSA) is 85.0 Å². The van der Waals surface area contributed by atoms with Gasteiger partial charge in [-0.15, -0.1) is 0 Å². The van der Waals surface area contributed by atoms with E-state index < -0.39 is 0 Å². The van der Waals surface area contributed by atoms with Gasteiger partial charge in [0.25, 0.3) is 5.91 Å². The summed E-state index contributed by atoms with van der Waals surface area (Å²) < 4.78 is 17.6. The Morgan fingerprint density at radius 1 is 1.08 bits per heavy atom. The van der Waals surface area contributed by atoms with Crippen molar-refractivity contribution in [2.45, 2.75) is 82.8 Å². The van der Waals surface area contributed by atoms with Crippen molar-refractivity contribution in [2.75, 3.05) is 45.3 Å². The van der Waals surface area contributed by atoms with Gasteiger partial charge in [-0.2, -0.15) is 0 Å². The number of hydrogen-bond donors (Lipinski definition) is 2. The van der Waals surface area contributed by atoms with E-state index in [9.17, 15) is 4.79 Å². The number of carbonyl (C=O) groups is 1. The third kappa shape index (κ3) is 6.98. The van der Waals surface area contributed by atoms with Crippen LogP contribution >= 0.6 is 0 Å². The fourth-order valence-corrected chi connectivity index (χ4v) is 6.08. The van der Waals surface area contributed by atoms with Crippen molar-refractivity contribution in [3.63, 3.8) is 0 Å². The van der Waals surface area contributed by atoms with Gasteiger partial charge in [-0.1, -0.05) is 29.8 Å². The van der Waals surface area contributed by atoms with Crippen LogP contribution in [-0.2, 0) is 14.2 Å². The van der Waals surface area contributed by atoms with E-state index in [1.54, 1.807) is 13.3 Å². The standard InChI is InChI=1S/C31H44N4O4/c1-21-7-9-23(10-8-21)28-6-4-5-25(39-28)19-33-26-11-15-32-30(22(26)2)31(36)35-16-12-24(13-17-35)34-27-14-18-38-20-29(27)37-3/h7-11,15,24-25,27-29,34H,4-6,12-14,16-20H2,1-3H3,(H,32,33)/t25-,27-,28+,29+/m1/s1. The van der Waals surface area contributed by atoms with Gasteiger partial charge in [0.1, 0.15) is 5.69 Å². The number of aryl methyl sites for hydroxylation is 1. The van der Waals surface area contributed by atoms with Gasteiger partial charge in [-0.3, -0.25) is 9.78 Å². The summed E-state index contributed by atoms with van der Waals surface area (Å²) in [6.45, 7) is 7.68. The van der Waals surface area contributed by atoms with Gasteiger partial charge < -0.3 is 29.7 Å². The number of hydrogen-bond acceptors (Lipinski definition) is 7. The minimum absolute atomic E-state index is 0.0174. The van der Waals surface area contributed by atoms with Crippen molar-refractivity contribution >= 4 is 11.6 Å². The first kappa shape index (κ1) is 28.0. The quantitative estimate of drug-likeness (QED) is 0.517. The first-order valence-corrected chi connectivity index (χ1v) is 14.6. The summed E-state index contributed by atoms with van der Waals surface area (Å²) in [7, 11) is 1.75. The molecule has 0 bridgehead atoms. The monoisotopic (exact) mass is 536 g/mol. The van der Waals surface area contributed by atoms with Crippen molar-refractivity contribution in [1.82, 2.24) is 15.2 Å². The van der Waals surface area contributed by atoms with Crippen LogP contribution in [0.25, 0.3) is 0 Å². The number of nitrogens with zero attached hydrogens (tertiary/aromatic N) is 2. The fourth-order valence-electron chi connectivity index (χ4n) is 6.08. The summed E-state index contributed by atoms with van der Waals surface area (Å²) >= 11 is 0. The van der Waals surface area contributed by atoms with E-state index in [1.807, 2.05) is 17.9 Å². The minimum Gasteiger partial charge on any atom is -0.382 e. The molecule has 3 fully saturated rings. The van der Waals surface area contributed by atoms with Gasteiger partial charge in [0.15, 0.2) is 0 Å². The normalized spacial score (nSPS) is 26.4. The molecule has 0 saturated carbocycles. The number of benzene rings is 1. The Morgan fingerprint density at radius 2 is 1.87 bits per heavy atom. The van der Waals surface area contributed by atoms with Crippen LogP contribution in [0, 0.1) is 13.8 Å². The Bertz CT molecular complexity index is 1090. The average Bonchev–Trinajstić information content (AvgIpc) is 2.97. The van der Waals surface area contributed by atoms with Crippen molar-refractivity contribution in [1.29, 1.82) is 0 Å². The van der Waals surface area contributed by atoms with Crippen LogP contribution < -0.4 is 10.6 Å². The zero-order valence-electron chi connectivity index (χ0n) is 23.7. The van der Waals surface area contributed by atoms with Crippen molar-refractivity contribution in [3.05, 3.63) is 58.9 Å². The number of methoxy groups -OCH3 is 1. The van der Waals surface area contributed by atoms with Gasteiger partial charge in [0.2, 0.25) is 0 Å². The lowest BCUT2D eigenvalue weighted by atomic mass is 9.97. The first-order valence-electron chi connectivity index (χ1n) is 14.6. The molecule has 1 aromatic heterocycles. The molecule has 2 aromatic rings. The van der Waals surface area contributed by atoms with E-state index in [0.717, 1.165) is 69.5 Å². The maximum atomic E-state index is 13.5. The number of nitrogens with one attached hydrogen (secondary N) is 2. The highest BCUT2D eigenvalue weighted by atomic mass is 16.5. The predicted octanol–water partition coefficient (Wildman–Crippen LogP) is 4.42.